The van der Waals surface area contributed by atoms with Crippen LogP contribution in [0.4, 0.5) is 11.4 Å². The van der Waals surface area contributed by atoms with Gasteiger partial charge in [0.25, 0.3) is 11.6 Å². The van der Waals surface area contributed by atoms with Gasteiger partial charge in [-0.15, -0.1) is 0 Å². The lowest BCUT2D eigenvalue weighted by Crippen LogP contribution is -2.45. The molecule has 3 rings (SSSR count). The number of hydrogen-bond acceptors (Lipinski definition) is 7. The molecule has 1 amide bonds. The first-order valence-electron chi connectivity index (χ1n) is 9.27. The van der Waals surface area contributed by atoms with Gasteiger partial charge in [0.15, 0.2) is 0 Å². The predicted molar refractivity (Wildman–Crippen MR) is 100 cm³/mol. The van der Waals surface area contributed by atoms with Crippen molar-refractivity contribution in [3.05, 3.63) is 33.9 Å². The number of carbonyl (C=O) groups excluding carboxylic acids is 1. The van der Waals surface area contributed by atoms with Gasteiger partial charge < -0.3 is 19.7 Å². The molecular weight excluding hydrogens is 352 g/mol. The van der Waals surface area contributed by atoms with E-state index in [1.54, 1.807) is 17.0 Å². The molecule has 2 aliphatic rings. The maximum absolute atomic E-state index is 12.6. The maximum atomic E-state index is 12.6. The fourth-order valence-electron chi connectivity index (χ4n) is 3.32. The Hall–Kier alpha value is -2.23. The van der Waals surface area contributed by atoms with Crippen molar-refractivity contribution in [2.45, 2.75) is 13.0 Å². The van der Waals surface area contributed by atoms with Crippen LogP contribution in [0.15, 0.2) is 18.2 Å². The number of nitro benzene ring substituents is 1. The van der Waals surface area contributed by atoms with Gasteiger partial charge in [0.1, 0.15) is 5.69 Å². The zero-order valence-electron chi connectivity index (χ0n) is 15.6. The van der Waals surface area contributed by atoms with Gasteiger partial charge in [-0.3, -0.25) is 19.8 Å². The van der Waals surface area contributed by atoms with E-state index < -0.39 is 4.92 Å². The normalized spacial score (nSPS) is 19.5. The van der Waals surface area contributed by atoms with Crippen LogP contribution in [-0.4, -0.2) is 85.8 Å². The molecule has 2 fully saturated rings. The second-order valence-corrected chi connectivity index (χ2v) is 6.77. The standard InChI is InChI=1S/C18H26N4O5/c1-14(20-4-8-26-9-5-20)13-19-16-3-2-15(12-17(16)22(24)25)18(23)21-6-10-27-11-7-21/h2-3,12,14,19H,4-11,13H2,1H3. The van der Waals surface area contributed by atoms with Crippen molar-refractivity contribution in [2.75, 3.05) is 64.5 Å². The second kappa shape index (κ2) is 9.12. The zero-order valence-corrected chi connectivity index (χ0v) is 15.6. The van der Waals surface area contributed by atoms with Gasteiger partial charge in [0, 0.05) is 50.4 Å². The van der Waals surface area contributed by atoms with E-state index in [-0.39, 0.29) is 17.6 Å². The Morgan fingerprint density at radius 2 is 1.81 bits per heavy atom. The summed E-state index contributed by atoms with van der Waals surface area (Å²) in [5, 5.41) is 14.7. The van der Waals surface area contributed by atoms with Crippen molar-refractivity contribution < 1.29 is 19.2 Å². The second-order valence-electron chi connectivity index (χ2n) is 6.77. The Morgan fingerprint density at radius 3 is 2.44 bits per heavy atom. The van der Waals surface area contributed by atoms with Gasteiger partial charge in [-0.2, -0.15) is 0 Å². The molecule has 0 aliphatic carbocycles. The van der Waals surface area contributed by atoms with Crippen LogP contribution in [0.3, 0.4) is 0 Å². The van der Waals surface area contributed by atoms with E-state index in [0.29, 0.717) is 57.3 Å². The molecule has 2 heterocycles. The summed E-state index contributed by atoms with van der Waals surface area (Å²) in [5.41, 5.74) is 0.678. The number of amides is 1. The van der Waals surface area contributed by atoms with Crippen molar-refractivity contribution in [3.63, 3.8) is 0 Å². The number of benzene rings is 1. The van der Waals surface area contributed by atoms with E-state index in [4.69, 9.17) is 9.47 Å². The molecule has 2 aliphatic heterocycles. The first-order chi connectivity index (χ1) is 13.1. The molecule has 1 N–H and O–H groups in total. The topological polar surface area (TPSA) is 97.2 Å². The third-order valence-corrected chi connectivity index (χ3v) is 5.00. The predicted octanol–water partition coefficient (Wildman–Crippen LogP) is 1.20. The fraction of sp³-hybridized carbons (Fsp3) is 0.611. The Labute approximate surface area is 158 Å². The van der Waals surface area contributed by atoms with Crippen molar-refractivity contribution >= 4 is 17.3 Å². The maximum Gasteiger partial charge on any atom is 0.293 e. The van der Waals surface area contributed by atoms with Gasteiger partial charge in [-0.25, -0.2) is 0 Å². The summed E-state index contributed by atoms with van der Waals surface area (Å²) in [6.45, 7) is 7.80. The number of rotatable bonds is 6. The number of ether oxygens (including phenoxy) is 2. The monoisotopic (exact) mass is 378 g/mol. The van der Waals surface area contributed by atoms with Gasteiger partial charge in [0.2, 0.25) is 0 Å². The average Bonchev–Trinajstić information content (AvgIpc) is 2.72. The molecule has 2 saturated heterocycles. The van der Waals surface area contributed by atoms with Crippen molar-refractivity contribution in [2.24, 2.45) is 0 Å². The van der Waals surface area contributed by atoms with E-state index in [1.807, 2.05) is 0 Å². The molecule has 9 nitrogen and oxygen atoms in total. The third-order valence-electron chi connectivity index (χ3n) is 5.00. The number of nitrogens with zero attached hydrogens (tertiary/aromatic N) is 3. The Kier molecular flexibility index (Phi) is 6.59. The molecule has 1 atom stereocenters. The van der Waals surface area contributed by atoms with Crippen LogP contribution in [-0.2, 0) is 9.47 Å². The summed E-state index contributed by atoms with van der Waals surface area (Å²) in [6.07, 6.45) is 0. The molecule has 1 aromatic rings. The summed E-state index contributed by atoms with van der Waals surface area (Å²) < 4.78 is 10.6. The van der Waals surface area contributed by atoms with E-state index >= 15 is 0 Å². The fourth-order valence-corrected chi connectivity index (χ4v) is 3.32. The molecule has 0 spiro atoms. The lowest BCUT2D eigenvalue weighted by molar-refractivity contribution is -0.384. The van der Waals surface area contributed by atoms with Crippen LogP contribution >= 0.6 is 0 Å². The molecule has 0 radical (unpaired) electrons. The highest BCUT2D eigenvalue weighted by molar-refractivity contribution is 5.95. The van der Waals surface area contributed by atoms with Crippen molar-refractivity contribution in [3.8, 4) is 0 Å². The minimum atomic E-state index is -0.447. The van der Waals surface area contributed by atoms with Gasteiger partial charge in [-0.05, 0) is 19.1 Å². The largest absolute Gasteiger partial charge is 0.379 e. The highest BCUT2D eigenvalue weighted by Gasteiger charge is 2.23. The van der Waals surface area contributed by atoms with Crippen molar-refractivity contribution in [1.82, 2.24) is 9.80 Å². The summed E-state index contributed by atoms with van der Waals surface area (Å²) >= 11 is 0. The smallest absolute Gasteiger partial charge is 0.293 e. The minimum Gasteiger partial charge on any atom is -0.379 e. The number of anilines is 1. The summed E-state index contributed by atoms with van der Waals surface area (Å²) in [6, 6.07) is 4.85. The SMILES string of the molecule is CC(CNc1ccc(C(=O)N2CCOCC2)cc1[N+](=O)[O-])N1CCOCC1. The Bertz CT molecular complexity index is 672. The van der Waals surface area contributed by atoms with Gasteiger partial charge in [0.05, 0.1) is 31.4 Å². The third kappa shape index (κ3) is 4.94. The number of hydrogen-bond donors (Lipinski definition) is 1. The zero-order chi connectivity index (χ0) is 19.2. The van der Waals surface area contributed by atoms with Crippen LogP contribution in [0.2, 0.25) is 0 Å². The lowest BCUT2D eigenvalue weighted by Gasteiger charge is -2.32. The summed E-state index contributed by atoms with van der Waals surface area (Å²) in [4.78, 5) is 27.6. The minimum absolute atomic E-state index is 0.0803. The molecule has 0 saturated carbocycles. The number of nitro groups is 1. The summed E-state index contributed by atoms with van der Waals surface area (Å²) in [5.74, 6) is -0.199. The number of carbonyl (C=O) groups is 1. The van der Waals surface area contributed by atoms with E-state index in [1.165, 1.54) is 6.07 Å². The van der Waals surface area contributed by atoms with Gasteiger partial charge in [-0.1, -0.05) is 0 Å². The molecule has 1 unspecified atom stereocenters. The van der Waals surface area contributed by atoms with Gasteiger partial charge >= 0.3 is 0 Å². The molecule has 27 heavy (non-hydrogen) atoms. The van der Waals surface area contributed by atoms with E-state index in [2.05, 4.69) is 17.1 Å². The Balaban J connectivity index is 1.67. The summed E-state index contributed by atoms with van der Waals surface area (Å²) in [7, 11) is 0. The van der Waals surface area contributed by atoms with Crippen LogP contribution in [0.25, 0.3) is 0 Å². The molecular formula is C18H26N4O5. The quantitative estimate of drug-likeness (QED) is 0.587. The van der Waals surface area contributed by atoms with Crippen molar-refractivity contribution in [1.29, 1.82) is 0 Å². The molecule has 1 aromatic carbocycles. The first kappa shape index (κ1) is 19.5. The molecule has 148 valence electrons. The van der Waals surface area contributed by atoms with Crippen LogP contribution in [0.1, 0.15) is 17.3 Å². The lowest BCUT2D eigenvalue weighted by atomic mass is 10.1. The highest BCUT2D eigenvalue weighted by Crippen LogP contribution is 2.26. The van der Waals surface area contributed by atoms with Crippen LogP contribution in [0.5, 0.6) is 0 Å². The molecule has 0 aromatic heterocycles. The number of morpholine rings is 2. The molecule has 9 heteroatoms. The van der Waals surface area contributed by atoms with Crippen LogP contribution < -0.4 is 5.32 Å². The average molecular weight is 378 g/mol. The first-order valence-corrected chi connectivity index (χ1v) is 9.27. The highest BCUT2D eigenvalue weighted by atomic mass is 16.6. The Morgan fingerprint density at radius 1 is 1.19 bits per heavy atom. The van der Waals surface area contributed by atoms with Crippen LogP contribution in [0, 0.1) is 10.1 Å². The van der Waals surface area contributed by atoms with E-state index in [0.717, 1.165) is 13.1 Å². The molecule has 0 bridgehead atoms. The van der Waals surface area contributed by atoms with E-state index in [9.17, 15) is 14.9 Å². The number of nitrogens with one attached hydrogen (secondary N) is 1.